The third-order valence-corrected chi connectivity index (χ3v) is 10.9. The number of aromatic nitrogens is 5. The van der Waals surface area contributed by atoms with Gasteiger partial charge in [0, 0.05) is 55.5 Å². The molecule has 0 amide bonds. The summed E-state index contributed by atoms with van der Waals surface area (Å²) < 4.78 is 8.73. The van der Waals surface area contributed by atoms with E-state index in [9.17, 15) is 0 Å². The van der Waals surface area contributed by atoms with E-state index in [1.165, 1.54) is 27.6 Å². The van der Waals surface area contributed by atoms with Gasteiger partial charge in [0.25, 0.3) is 0 Å². The average molecular weight is 682 g/mol. The zero-order chi connectivity index (χ0) is 35.3. The molecule has 0 saturated carbocycles. The summed E-state index contributed by atoms with van der Waals surface area (Å²) in [6.45, 7) is 4.59. The van der Waals surface area contributed by atoms with E-state index >= 15 is 0 Å². The van der Waals surface area contributed by atoms with Crippen LogP contribution in [0.4, 0.5) is 0 Å². The Labute approximate surface area is 305 Å². The van der Waals surface area contributed by atoms with E-state index < -0.39 is 0 Å². The molecule has 0 radical (unpaired) electrons. The van der Waals surface area contributed by atoms with Crippen LogP contribution in [0.2, 0.25) is 0 Å². The molecule has 0 saturated heterocycles. The standard InChI is InChI=1S/C47H31N5O/c1-47(2)38-16-8-6-13-32(38)33-21-18-29(25-39(33)47)44-49-43(28-11-4-3-5-12-28)50-45(51-44)30-19-22-35-37-27-31(20-23-41(37)53-42(35)26-30)52-40-17-9-7-14-34(40)36-15-10-24-48-46(36)52/h3-27H,1-2H3. The maximum Gasteiger partial charge on any atom is 0.164 e. The lowest BCUT2D eigenvalue weighted by Crippen LogP contribution is -2.15. The third-order valence-electron chi connectivity index (χ3n) is 10.9. The summed E-state index contributed by atoms with van der Waals surface area (Å²) in [5, 5.41) is 4.37. The Bertz CT molecular complexity index is 3050. The van der Waals surface area contributed by atoms with Gasteiger partial charge in [0.05, 0.1) is 5.52 Å². The maximum absolute atomic E-state index is 6.50. The van der Waals surface area contributed by atoms with E-state index in [0.717, 1.165) is 60.9 Å². The third kappa shape index (κ3) is 4.45. The van der Waals surface area contributed by atoms with Gasteiger partial charge in [-0.15, -0.1) is 0 Å². The average Bonchev–Trinajstić information content (AvgIpc) is 3.83. The molecule has 6 aromatic carbocycles. The van der Waals surface area contributed by atoms with Crippen LogP contribution in [-0.2, 0) is 5.41 Å². The van der Waals surface area contributed by atoms with Gasteiger partial charge in [0.2, 0.25) is 0 Å². The molecule has 250 valence electrons. The van der Waals surface area contributed by atoms with Crippen LogP contribution in [0.1, 0.15) is 25.0 Å². The molecular weight excluding hydrogens is 651 g/mol. The van der Waals surface area contributed by atoms with E-state index in [-0.39, 0.29) is 5.41 Å². The van der Waals surface area contributed by atoms with Gasteiger partial charge in [-0.25, -0.2) is 19.9 Å². The summed E-state index contributed by atoms with van der Waals surface area (Å²) in [6, 6.07) is 50.6. The SMILES string of the molecule is CC1(C)c2ccccc2-c2ccc(-c3nc(-c4ccccc4)nc(-c4ccc5c(c4)oc4ccc(-n6c7ccccc7c7cccnc76)cc45)n3)cc21. The Morgan fingerprint density at radius 1 is 0.491 bits per heavy atom. The fourth-order valence-corrected chi connectivity index (χ4v) is 8.29. The van der Waals surface area contributed by atoms with Gasteiger partial charge < -0.3 is 4.42 Å². The van der Waals surface area contributed by atoms with E-state index in [4.69, 9.17) is 24.4 Å². The highest BCUT2D eigenvalue weighted by molar-refractivity contribution is 6.10. The van der Waals surface area contributed by atoms with Crippen LogP contribution in [0, 0.1) is 0 Å². The minimum Gasteiger partial charge on any atom is -0.456 e. The Morgan fingerprint density at radius 3 is 2.06 bits per heavy atom. The molecule has 6 heteroatoms. The van der Waals surface area contributed by atoms with Crippen LogP contribution in [0.3, 0.4) is 0 Å². The Balaban J connectivity index is 1.05. The summed E-state index contributed by atoms with van der Waals surface area (Å²) in [7, 11) is 0. The highest BCUT2D eigenvalue weighted by Crippen LogP contribution is 2.49. The molecule has 0 aliphatic heterocycles. The summed E-state index contributed by atoms with van der Waals surface area (Å²) in [5.41, 5.74) is 12.5. The van der Waals surface area contributed by atoms with Gasteiger partial charge in [-0.2, -0.15) is 0 Å². The highest BCUT2D eigenvalue weighted by atomic mass is 16.3. The smallest absolute Gasteiger partial charge is 0.164 e. The molecular formula is C47H31N5O. The van der Waals surface area contributed by atoms with Crippen molar-refractivity contribution >= 4 is 43.9 Å². The lowest BCUT2D eigenvalue weighted by molar-refractivity contribution is 0.660. The van der Waals surface area contributed by atoms with E-state index in [1.54, 1.807) is 0 Å². The second-order valence-corrected chi connectivity index (χ2v) is 14.3. The van der Waals surface area contributed by atoms with Crippen molar-refractivity contribution in [2.75, 3.05) is 0 Å². The Morgan fingerprint density at radius 2 is 1.19 bits per heavy atom. The van der Waals surface area contributed by atoms with Gasteiger partial charge in [0.15, 0.2) is 17.5 Å². The number of hydrogen-bond acceptors (Lipinski definition) is 5. The molecule has 4 heterocycles. The molecule has 11 rings (SSSR count). The summed E-state index contributed by atoms with van der Waals surface area (Å²) in [6.07, 6.45) is 1.85. The van der Waals surface area contributed by atoms with Crippen LogP contribution in [-0.4, -0.2) is 24.5 Å². The molecule has 0 fully saturated rings. The molecule has 0 bridgehead atoms. The number of rotatable bonds is 4. The number of hydrogen-bond donors (Lipinski definition) is 0. The first-order valence-corrected chi connectivity index (χ1v) is 17.9. The topological polar surface area (TPSA) is 69.6 Å². The minimum absolute atomic E-state index is 0.135. The van der Waals surface area contributed by atoms with Crippen molar-refractivity contribution < 1.29 is 4.42 Å². The quantitative estimate of drug-likeness (QED) is 0.185. The highest BCUT2D eigenvalue weighted by Gasteiger charge is 2.35. The molecule has 0 spiro atoms. The number of furan rings is 1. The van der Waals surface area contributed by atoms with Gasteiger partial charge in [-0.3, -0.25) is 4.57 Å². The molecule has 1 aliphatic carbocycles. The Hall–Kier alpha value is -6.92. The van der Waals surface area contributed by atoms with Crippen molar-refractivity contribution in [3.05, 3.63) is 163 Å². The van der Waals surface area contributed by atoms with Crippen LogP contribution < -0.4 is 0 Å². The molecule has 4 aromatic heterocycles. The summed E-state index contributed by atoms with van der Waals surface area (Å²) in [4.78, 5) is 20.0. The van der Waals surface area contributed by atoms with Crippen molar-refractivity contribution in [1.29, 1.82) is 0 Å². The van der Waals surface area contributed by atoms with Crippen LogP contribution in [0.5, 0.6) is 0 Å². The van der Waals surface area contributed by atoms with Crippen LogP contribution in [0.25, 0.3) is 94.9 Å². The minimum atomic E-state index is -0.135. The second kappa shape index (κ2) is 11.0. The van der Waals surface area contributed by atoms with Crippen molar-refractivity contribution in [2.24, 2.45) is 0 Å². The zero-order valence-corrected chi connectivity index (χ0v) is 29.1. The molecule has 53 heavy (non-hydrogen) atoms. The number of benzene rings is 6. The second-order valence-electron chi connectivity index (χ2n) is 14.3. The van der Waals surface area contributed by atoms with Crippen molar-refractivity contribution in [3.8, 4) is 51.0 Å². The van der Waals surface area contributed by atoms with Gasteiger partial charge >= 0.3 is 0 Å². The van der Waals surface area contributed by atoms with Gasteiger partial charge in [0.1, 0.15) is 16.8 Å². The first-order chi connectivity index (χ1) is 26.0. The number of fused-ring (bicyclic) bond motifs is 9. The van der Waals surface area contributed by atoms with Gasteiger partial charge in [-0.05, 0) is 76.9 Å². The first kappa shape index (κ1) is 29.8. The van der Waals surface area contributed by atoms with E-state index in [1.807, 2.05) is 48.7 Å². The predicted octanol–water partition coefficient (Wildman–Crippen LogP) is 11.6. The van der Waals surface area contributed by atoms with E-state index in [2.05, 4.69) is 122 Å². The number of nitrogens with zero attached hydrogens (tertiary/aromatic N) is 5. The lowest BCUT2D eigenvalue weighted by Gasteiger charge is -2.21. The number of pyridine rings is 1. The predicted molar refractivity (Wildman–Crippen MR) is 213 cm³/mol. The monoisotopic (exact) mass is 681 g/mol. The fraction of sp³-hybridized carbons (Fsp3) is 0.0638. The molecule has 0 unspecified atom stereocenters. The van der Waals surface area contributed by atoms with Crippen molar-refractivity contribution in [2.45, 2.75) is 19.3 Å². The van der Waals surface area contributed by atoms with Gasteiger partial charge in [-0.1, -0.05) is 105 Å². The van der Waals surface area contributed by atoms with Crippen LogP contribution in [0.15, 0.2) is 156 Å². The molecule has 1 aliphatic rings. The molecule has 0 N–H and O–H groups in total. The normalized spacial score (nSPS) is 13.2. The molecule has 0 atom stereocenters. The first-order valence-electron chi connectivity index (χ1n) is 17.9. The maximum atomic E-state index is 6.50. The summed E-state index contributed by atoms with van der Waals surface area (Å²) in [5.74, 6) is 1.86. The summed E-state index contributed by atoms with van der Waals surface area (Å²) >= 11 is 0. The van der Waals surface area contributed by atoms with E-state index in [0.29, 0.717) is 17.5 Å². The fourth-order valence-electron chi connectivity index (χ4n) is 8.29. The van der Waals surface area contributed by atoms with Crippen molar-refractivity contribution in [3.63, 3.8) is 0 Å². The molecule has 10 aromatic rings. The zero-order valence-electron chi connectivity index (χ0n) is 29.1. The van der Waals surface area contributed by atoms with Crippen LogP contribution >= 0.6 is 0 Å². The van der Waals surface area contributed by atoms with Crippen molar-refractivity contribution in [1.82, 2.24) is 24.5 Å². The molecule has 6 nitrogen and oxygen atoms in total. The largest absolute Gasteiger partial charge is 0.456 e. The lowest BCUT2D eigenvalue weighted by atomic mass is 9.82. The number of para-hydroxylation sites is 1. The Kier molecular flexibility index (Phi) is 6.20.